The van der Waals surface area contributed by atoms with Gasteiger partial charge in [0.2, 0.25) is 0 Å². The van der Waals surface area contributed by atoms with Gasteiger partial charge in [0.15, 0.2) is 5.82 Å². The number of amides is 1. The molecule has 8 heteroatoms. The number of rotatable bonds is 8. The van der Waals surface area contributed by atoms with Crippen molar-refractivity contribution in [3.63, 3.8) is 0 Å². The lowest BCUT2D eigenvalue weighted by Crippen LogP contribution is -2.22. The SMILES string of the molecule is COc1ccc(C(=O)Nc2cccc(CN[C@@H](C)c3nnnn3C3CC3)c2)cc1. The van der Waals surface area contributed by atoms with Gasteiger partial charge in [-0.25, -0.2) is 4.68 Å². The summed E-state index contributed by atoms with van der Waals surface area (Å²) in [7, 11) is 1.60. The first-order valence-corrected chi connectivity index (χ1v) is 9.69. The van der Waals surface area contributed by atoms with Gasteiger partial charge in [-0.2, -0.15) is 0 Å². The van der Waals surface area contributed by atoms with Gasteiger partial charge in [0, 0.05) is 17.8 Å². The molecule has 8 nitrogen and oxygen atoms in total. The predicted octanol–water partition coefficient (Wildman–Crippen LogP) is 3.12. The molecule has 0 aliphatic heterocycles. The van der Waals surface area contributed by atoms with Gasteiger partial charge < -0.3 is 15.4 Å². The molecular formula is C21H24N6O2. The van der Waals surface area contributed by atoms with Crippen LogP contribution < -0.4 is 15.4 Å². The molecular weight excluding hydrogens is 368 g/mol. The molecule has 1 atom stereocenters. The van der Waals surface area contributed by atoms with Gasteiger partial charge in [-0.3, -0.25) is 4.79 Å². The highest BCUT2D eigenvalue weighted by molar-refractivity contribution is 6.04. The van der Waals surface area contributed by atoms with E-state index in [1.807, 2.05) is 28.9 Å². The molecule has 2 N–H and O–H groups in total. The molecule has 1 aromatic heterocycles. The maximum absolute atomic E-state index is 12.5. The molecule has 0 saturated heterocycles. The summed E-state index contributed by atoms with van der Waals surface area (Å²) in [4.78, 5) is 12.5. The number of carbonyl (C=O) groups is 1. The van der Waals surface area contributed by atoms with Crippen LogP contribution in [-0.2, 0) is 6.54 Å². The quantitative estimate of drug-likeness (QED) is 0.612. The van der Waals surface area contributed by atoms with Crippen LogP contribution in [0.1, 0.15) is 53.6 Å². The molecule has 1 saturated carbocycles. The number of anilines is 1. The number of hydrogen-bond donors (Lipinski definition) is 2. The normalized spacial score (nSPS) is 14.4. The van der Waals surface area contributed by atoms with Crippen molar-refractivity contribution in [2.24, 2.45) is 0 Å². The van der Waals surface area contributed by atoms with Gasteiger partial charge in [0.05, 0.1) is 19.2 Å². The Bertz CT molecular complexity index is 981. The molecule has 4 rings (SSSR count). The summed E-state index contributed by atoms with van der Waals surface area (Å²) < 4.78 is 7.05. The average molecular weight is 392 g/mol. The standard InChI is InChI=1S/C21H24N6O2/c1-14(20-24-25-26-27(20)18-8-9-18)22-13-15-4-3-5-17(12-15)23-21(28)16-6-10-19(29-2)11-7-16/h3-7,10-12,14,18,22H,8-9,13H2,1-2H3,(H,23,28)/t14-/m0/s1. The smallest absolute Gasteiger partial charge is 0.255 e. The number of ether oxygens (including phenoxy) is 1. The van der Waals surface area contributed by atoms with Crippen LogP contribution in [0.2, 0.25) is 0 Å². The highest BCUT2D eigenvalue weighted by Crippen LogP contribution is 2.35. The Morgan fingerprint density at radius 1 is 1.24 bits per heavy atom. The zero-order chi connectivity index (χ0) is 20.2. The summed E-state index contributed by atoms with van der Waals surface area (Å²) in [6.45, 7) is 2.70. The first kappa shape index (κ1) is 19.1. The van der Waals surface area contributed by atoms with Crippen molar-refractivity contribution in [2.45, 2.75) is 38.4 Å². The molecule has 0 bridgehead atoms. The van der Waals surface area contributed by atoms with Gasteiger partial charge in [-0.05, 0) is 72.2 Å². The second-order valence-corrected chi connectivity index (χ2v) is 7.20. The van der Waals surface area contributed by atoms with E-state index in [4.69, 9.17) is 4.74 Å². The molecule has 0 radical (unpaired) electrons. The number of nitrogens with one attached hydrogen (secondary N) is 2. The Morgan fingerprint density at radius 3 is 2.76 bits per heavy atom. The lowest BCUT2D eigenvalue weighted by Gasteiger charge is -2.14. The fourth-order valence-corrected chi connectivity index (χ4v) is 3.13. The van der Waals surface area contributed by atoms with Crippen LogP contribution >= 0.6 is 0 Å². The van der Waals surface area contributed by atoms with E-state index in [9.17, 15) is 4.79 Å². The van der Waals surface area contributed by atoms with Crippen molar-refractivity contribution in [1.29, 1.82) is 0 Å². The van der Waals surface area contributed by atoms with Crippen LogP contribution in [0.25, 0.3) is 0 Å². The summed E-state index contributed by atoms with van der Waals surface area (Å²) in [5, 5.41) is 18.5. The third-order valence-electron chi connectivity index (χ3n) is 4.95. The van der Waals surface area contributed by atoms with Crippen molar-refractivity contribution in [3.05, 3.63) is 65.5 Å². The number of hydrogen-bond acceptors (Lipinski definition) is 6. The number of carbonyl (C=O) groups excluding carboxylic acids is 1. The molecule has 2 aromatic carbocycles. The maximum Gasteiger partial charge on any atom is 0.255 e. The highest BCUT2D eigenvalue weighted by atomic mass is 16.5. The van der Waals surface area contributed by atoms with Gasteiger partial charge in [0.1, 0.15) is 5.75 Å². The fraction of sp³-hybridized carbons (Fsp3) is 0.333. The maximum atomic E-state index is 12.5. The molecule has 29 heavy (non-hydrogen) atoms. The van der Waals surface area contributed by atoms with Crippen molar-refractivity contribution in [2.75, 3.05) is 12.4 Å². The summed E-state index contributed by atoms with van der Waals surface area (Å²) in [5.41, 5.74) is 2.39. The first-order valence-electron chi connectivity index (χ1n) is 9.69. The topological polar surface area (TPSA) is 94.0 Å². The van der Waals surface area contributed by atoms with Crippen LogP contribution in [0.4, 0.5) is 5.69 Å². The van der Waals surface area contributed by atoms with Crippen LogP contribution in [-0.4, -0.2) is 33.2 Å². The second-order valence-electron chi connectivity index (χ2n) is 7.20. The number of benzene rings is 2. The zero-order valence-electron chi connectivity index (χ0n) is 16.5. The minimum absolute atomic E-state index is 0.0307. The number of nitrogens with zero attached hydrogens (tertiary/aromatic N) is 4. The van der Waals surface area contributed by atoms with Crippen LogP contribution in [0.5, 0.6) is 5.75 Å². The van der Waals surface area contributed by atoms with Gasteiger partial charge in [-0.1, -0.05) is 12.1 Å². The summed E-state index contributed by atoms with van der Waals surface area (Å²) in [6, 6.07) is 15.3. The number of aromatic nitrogens is 4. The van der Waals surface area contributed by atoms with E-state index in [2.05, 4.69) is 33.1 Å². The lowest BCUT2D eigenvalue weighted by atomic mass is 10.1. The molecule has 0 spiro atoms. The molecule has 1 aliphatic rings. The summed E-state index contributed by atoms with van der Waals surface area (Å²) in [6.07, 6.45) is 2.28. The molecule has 3 aromatic rings. The Balaban J connectivity index is 1.36. The van der Waals surface area contributed by atoms with Gasteiger partial charge in [0.25, 0.3) is 5.91 Å². The third-order valence-corrected chi connectivity index (χ3v) is 4.95. The van der Waals surface area contributed by atoms with Crippen LogP contribution in [0.15, 0.2) is 48.5 Å². The molecule has 150 valence electrons. The monoisotopic (exact) mass is 392 g/mol. The molecule has 0 unspecified atom stereocenters. The van der Waals surface area contributed by atoms with E-state index in [0.29, 0.717) is 18.2 Å². The van der Waals surface area contributed by atoms with Crippen LogP contribution in [0, 0.1) is 0 Å². The second kappa shape index (κ2) is 8.40. The minimum Gasteiger partial charge on any atom is -0.497 e. The Hall–Kier alpha value is -3.26. The van der Waals surface area contributed by atoms with Crippen molar-refractivity contribution in [1.82, 2.24) is 25.5 Å². The van der Waals surface area contributed by atoms with Crippen molar-refractivity contribution in [3.8, 4) is 5.75 Å². The summed E-state index contributed by atoms with van der Waals surface area (Å²) >= 11 is 0. The van der Waals surface area contributed by atoms with Crippen molar-refractivity contribution < 1.29 is 9.53 Å². The van der Waals surface area contributed by atoms with Crippen LogP contribution in [0.3, 0.4) is 0 Å². The van der Waals surface area contributed by atoms with Gasteiger partial charge >= 0.3 is 0 Å². The lowest BCUT2D eigenvalue weighted by molar-refractivity contribution is 0.102. The van der Waals surface area contributed by atoms with E-state index in [0.717, 1.165) is 35.7 Å². The van der Waals surface area contributed by atoms with E-state index in [-0.39, 0.29) is 11.9 Å². The van der Waals surface area contributed by atoms with E-state index in [1.165, 1.54) is 0 Å². The van der Waals surface area contributed by atoms with E-state index < -0.39 is 0 Å². The van der Waals surface area contributed by atoms with Crippen molar-refractivity contribution >= 4 is 11.6 Å². The summed E-state index contributed by atoms with van der Waals surface area (Å²) in [5.74, 6) is 1.42. The number of tetrazole rings is 1. The molecule has 1 amide bonds. The Morgan fingerprint density at radius 2 is 2.03 bits per heavy atom. The van der Waals surface area contributed by atoms with E-state index in [1.54, 1.807) is 31.4 Å². The fourth-order valence-electron chi connectivity index (χ4n) is 3.13. The first-order chi connectivity index (χ1) is 14.1. The molecule has 1 aliphatic carbocycles. The molecule has 1 heterocycles. The third kappa shape index (κ3) is 4.60. The number of methoxy groups -OCH3 is 1. The molecule has 1 fully saturated rings. The largest absolute Gasteiger partial charge is 0.497 e. The average Bonchev–Trinajstić information content (AvgIpc) is 3.48. The van der Waals surface area contributed by atoms with Gasteiger partial charge in [-0.15, -0.1) is 5.10 Å². The van der Waals surface area contributed by atoms with E-state index >= 15 is 0 Å². The minimum atomic E-state index is -0.158. The Kier molecular flexibility index (Phi) is 5.53. The predicted molar refractivity (Wildman–Crippen MR) is 109 cm³/mol. The zero-order valence-corrected chi connectivity index (χ0v) is 16.5. The highest BCUT2D eigenvalue weighted by Gasteiger charge is 2.29. The Labute approximate surface area is 169 Å².